The largest absolute Gasteiger partial charge is 0.481 e. The summed E-state index contributed by atoms with van der Waals surface area (Å²) in [5.41, 5.74) is -0.00127. The molecule has 0 radical (unpaired) electrons. The summed E-state index contributed by atoms with van der Waals surface area (Å²) in [5, 5.41) is 11.9. The van der Waals surface area contributed by atoms with Crippen LogP contribution in [0.4, 0.5) is 9.18 Å². The maximum atomic E-state index is 14.0. The van der Waals surface area contributed by atoms with Crippen molar-refractivity contribution in [3.8, 4) is 5.88 Å². The number of methoxy groups -OCH3 is 1. The minimum Gasteiger partial charge on any atom is -0.481 e. The molecule has 1 aliphatic rings. The minimum atomic E-state index is -1.22. The summed E-state index contributed by atoms with van der Waals surface area (Å²) in [6.45, 7) is -0.187. The second-order valence-electron chi connectivity index (χ2n) is 4.88. The van der Waals surface area contributed by atoms with E-state index in [1.165, 1.54) is 7.11 Å². The van der Waals surface area contributed by atoms with Gasteiger partial charge in [0, 0.05) is 25.1 Å². The molecule has 1 aromatic rings. The van der Waals surface area contributed by atoms with Crippen LogP contribution in [0, 0.1) is 5.82 Å². The Morgan fingerprint density at radius 1 is 1.68 bits per heavy atom. The Bertz CT molecular complexity index is 599. The Labute approximate surface area is 131 Å². The van der Waals surface area contributed by atoms with Crippen LogP contribution < -0.4 is 10.1 Å². The molecule has 1 aromatic heterocycles. The van der Waals surface area contributed by atoms with Gasteiger partial charge in [0.15, 0.2) is 0 Å². The van der Waals surface area contributed by atoms with Crippen LogP contribution in [0.3, 0.4) is 0 Å². The summed E-state index contributed by atoms with van der Waals surface area (Å²) in [6, 6.07) is 0.717. The molecule has 2 N–H and O–H groups in total. The maximum absolute atomic E-state index is 14.0. The number of pyridine rings is 1. The fourth-order valence-electron chi connectivity index (χ4n) is 2.28. The number of carboxylic acid groups (broad SMARTS) is 1. The zero-order valence-corrected chi connectivity index (χ0v) is 12.6. The van der Waals surface area contributed by atoms with Gasteiger partial charge in [-0.05, 0) is 6.42 Å². The van der Waals surface area contributed by atoms with Crippen LogP contribution in [0.15, 0.2) is 6.07 Å². The van der Waals surface area contributed by atoms with Gasteiger partial charge in [-0.3, -0.25) is 4.79 Å². The molecule has 0 bridgehead atoms. The first kappa shape index (κ1) is 16.3. The van der Waals surface area contributed by atoms with Crippen molar-refractivity contribution in [2.45, 2.75) is 25.4 Å². The molecule has 2 heterocycles. The van der Waals surface area contributed by atoms with Crippen LogP contribution in [-0.4, -0.2) is 46.7 Å². The van der Waals surface area contributed by atoms with Gasteiger partial charge >= 0.3 is 6.09 Å². The highest BCUT2D eigenvalue weighted by atomic mass is 35.5. The smallest absolute Gasteiger partial charge is 0.407 e. The van der Waals surface area contributed by atoms with Crippen molar-refractivity contribution in [1.82, 2.24) is 15.2 Å². The summed E-state index contributed by atoms with van der Waals surface area (Å²) >= 11 is 5.64. The van der Waals surface area contributed by atoms with Gasteiger partial charge in [-0.2, -0.15) is 0 Å². The fourth-order valence-corrected chi connectivity index (χ4v) is 2.46. The number of hydrogen-bond acceptors (Lipinski definition) is 4. The average Bonchev–Trinajstić information content (AvgIpc) is 2.85. The Hall–Kier alpha value is -2.09. The normalized spacial score (nSPS) is 17.2. The minimum absolute atomic E-state index is 0.00127. The Morgan fingerprint density at radius 3 is 2.95 bits per heavy atom. The van der Waals surface area contributed by atoms with E-state index >= 15 is 0 Å². The standard InChI is InChI=1S/C13H15ClFN3O4/c1-22-12-8(9(15)4-10(14)17-12)6-18(13(20)21)5-7-2-3-11(19)16-7/h4,7H,2-3,5-6H2,1H3,(H,16,19)(H,20,21)/t7-/m0/s1. The lowest BCUT2D eigenvalue weighted by molar-refractivity contribution is -0.119. The fraction of sp³-hybridized carbons (Fsp3) is 0.462. The SMILES string of the molecule is COc1nc(Cl)cc(F)c1CN(C[C@@H]1CCC(=O)N1)C(=O)O. The quantitative estimate of drug-likeness (QED) is 0.800. The molecule has 9 heteroatoms. The van der Waals surface area contributed by atoms with Crippen LogP contribution in [0.5, 0.6) is 5.88 Å². The molecule has 1 saturated heterocycles. The molecule has 0 unspecified atom stereocenters. The lowest BCUT2D eigenvalue weighted by Crippen LogP contribution is -2.41. The molecule has 2 rings (SSSR count). The highest BCUT2D eigenvalue weighted by Gasteiger charge is 2.27. The molecule has 2 amide bonds. The topological polar surface area (TPSA) is 91.8 Å². The highest BCUT2D eigenvalue weighted by Crippen LogP contribution is 2.24. The van der Waals surface area contributed by atoms with E-state index in [9.17, 15) is 19.1 Å². The average molecular weight is 332 g/mol. The van der Waals surface area contributed by atoms with Crippen LogP contribution in [-0.2, 0) is 11.3 Å². The monoisotopic (exact) mass is 331 g/mol. The van der Waals surface area contributed by atoms with Gasteiger partial charge < -0.3 is 20.1 Å². The Balaban J connectivity index is 2.17. The van der Waals surface area contributed by atoms with Crippen molar-refractivity contribution in [2.24, 2.45) is 0 Å². The van der Waals surface area contributed by atoms with Gasteiger partial charge in [0.05, 0.1) is 19.2 Å². The van der Waals surface area contributed by atoms with Crippen molar-refractivity contribution in [2.75, 3.05) is 13.7 Å². The third-order valence-corrected chi connectivity index (χ3v) is 3.53. The van der Waals surface area contributed by atoms with Gasteiger partial charge in [-0.1, -0.05) is 11.6 Å². The second kappa shape index (κ2) is 6.78. The molecule has 1 fully saturated rings. The molecule has 0 aliphatic carbocycles. The molecular formula is C13H15ClFN3O4. The summed E-state index contributed by atoms with van der Waals surface area (Å²) in [7, 11) is 1.30. The lowest BCUT2D eigenvalue weighted by Gasteiger charge is -2.23. The second-order valence-corrected chi connectivity index (χ2v) is 5.27. The number of halogens is 2. The summed E-state index contributed by atoms with van der Waals surface area (Å²) in [4.78, 5) is 27.4. The number of ether oxygens (including phenoxy) is 1. The summed E-state index contributed by atoms with van der Waals surface area (Å²) < 4.78 is 19.0. The molecule has 1 aliphatic heterocycles. The van der Waals surface area contributed by atoms with E-state index in [0.717, 1.165) is 11.0 Å². The predicted molar refractivity (Wildman–Crippen MR) is 75.4 cm³/mol. The number of nitrogens with one attached hydrogen (secondary N) is 1. The lowest BCUT2D eigenvalue weighted by atomic mass is 10.2. The first-order valence-corrected chi connectivity index (χ1v) is 6.94. The van der Waals surface area contributed by atoms with E-state index in [1.807, 2.05) is 0 Å². The van der Waals surface area contributed by atoms with Crippen LogP contribution in [0.25, 0.3) is 0 Å². The van der Waals surface area contributed by atoms with Crippen molar-refractivity contribution in [3.05, 3.63) is 22.6 Å². The third kappa shape index (κ3) is 3.76. The van der Waals surface area contributed by atoms with E-state index in [1.54, 1.807) is 0 Å². The number of rotatable bonds is 5. The molecule has 1 atom stereocenters. The zero-order valence-electron chi connectivity index (χ0n) is 11.8. The van der Waals surface area contributed by atoms with E-state index in [0.29, 0.717) is 12.8 Å². The Morgan fingerprint density at radius 2 is 2.41 bits per heavy atom. The first-order valence-electron chi connectivity index (χ1n) is 6.57. The molecule has 0 saturated carbocycles. The van der Waals surface area contributed by atoms with Crippen molar-refractivity contribution in [1.29, 1.82) is 0 Å². The molecule has 120 valence electrons. The van der Waals surface area contributed by atoms with Gasteiger partial charge in [-0.15, -0.1) is 0 Å². The molecule has 22 heavy (non-hydrogen) atoms. The number of nitrogens with zero attached hydrogens (tertiary/aromatic N) is 2. The van der Waals surface area contributed by atoms with Gasteiger partial charge in [0.2, 0.25) is 11.8 Å². The van der Waals surface area contributed by atoms with Crippen molar-refractivity contribution in [3.63, 3.8) is 0 Å². The third-order valence-electron chi connectivity index (χ3n) is 3.34. The van der Waals surface area contributed by atoms with E-state index < -0.39 is 11.9 Å². The molecule has 0 spiro atoms. The first-order chi connectivity index (χ1) is 10.4. The van der Waals surface area contributed by atoms with E-state index in [4.69, 9.17) is 16.3 Å². The molecule has 0 aromatic carbocycles. The van der Waals surface area contributed by atoms with Crippen LogP contribution in [0.2, 0.25) is 5.15 Å². The number of aromatic nitrogens is 1. The molecule has 7 nitrogen and oxygen atoms in total. The zero-order chi connectivity index (χ0) is 16.3. The van der Waals surface area contributed by atoms with Gasteiger partial charge in [0.1, 0.15) is 11.0 Å². The van der Waals surface area contributed by atoms with E-state index in [-0.39, 0.29) is 41.6 Å². The highest BCUT2D eigenvalue weighted by molar-refractivity contribution is 6.29. The van der Waals surface area contributed by atoms with Gasteiger partial charge in [0.25, 0.3) is 0 Å². The van der Waals surface area contributed by atoms with Crippen LogP contribution in [0.1, 0.15) is 18.4 Å². The number of amides is 2. The molecular weight excluding hydrogens is 317 g/mol. The number of hydrogen-bond donors (Lipinski definition) is 2. The Kier molecular flexibility index (Phi) is 5.02. The van der Waals surface area contributed by atoms with Gasteiger partial charge in [-0.25, -0.2) is 14.2 Å². The van der Waals surface area contributed by atoms with E-state index in [2.05, 4.69) is 10.3 Å². The van der Waals surface area contributed by atoms with Crippen molar-refractivity contribution < 1.29 is 23.8 Å². The predicted octanol–water partition coefficient (Wildman–Crippen LogP) is 1.64. The number of carbonyl (C=O) groups excluding carboxylic acids is 1. The maximum Gasteiger partial charge on any atom is 0.407 e. The summed E-state index contributed by atoms with van der Waals surface area (Å²) in [6.07, 6.45) is -0.322. The number of carbonyl (C=O) groups is 2. The summed E-state index contributed by atoms with van der Waals surface area (Å²) in [5.74, 6) is -0.877. The van der Waals surface area contributed by atoms with Crippen LogP contribution >= 0.6 is 11.6 Å². The van der Waals surface area contributed by atoms with Crippen molar-refractivity contribution >= 4 is 23.6 Å².